The number of pyridine rings is 1. The number of fused-ring (bicyclic) bond motifs is 1. The maximum Gasteiger partial charge on any atom is 0.406 e. The molecule has 2 aromatic rings. The second kappa shape index (κ2) is 7.89. The van der Waals surface area contributed by atoms with Gasteiger partial charge in [-0.1, -0.05) is 0 Å². The topological polar surface area (TPSA) is 36.4 Å². The van der Waals surface area contributed by atoms with E-state index in [9.17, 15) is 26.7 Å². The molecule has 1 amide bonds. The third-order valence-corrected chi connectivity index (χ3v) is 4.92. The van der Waals surface area contributed by atoms with E-state index in [1.165, 1.54) is 19.2 Å². The second-order valence-corrected chi connectivity index (χ2v) is 6.87. The van der Waals surface area contributed by atoms with Gasteiger partial charge in [-0.05, 0) is 31.9 Å². The molecule has 0 radical (unpaired) electrons. The zero-order chi connectivity index (χ0) is 20.5. The Morgan fingerprint density at radius 1 is 1.32 bits per heavy atom. The van der Waals surface area contributed by atoms with Crippen LogP contribution < -0.4 is 4.90 Å². The molecule has 1 aliphatic rings. The molecule has 1 unspecified atom stereocenters. The average Bonchev–Trinajstić information content (AvgIpc) is 2.64. The average molecular weight is 401 g/mol. The first-order valence-corrected chi connectivity index (χ1v) is 9.04. The van der Waals surface area contributed by atoms with Crippen molar-refractivity contribution in [3.05, 3.63) is 36.0 Å². The number of rotatable bonds is 4. The van der Waals surface area contributed by atoms with Crippen molar-refractivity contribution in [2.45, 2.75) is 25.9 Å². The SMILES string of the molecule is CCN(CC(F)(F)F)C(=O)C1CCCN(c2ccnc3c(F)cc(F)cc23)C1. The quantitative estimate of drug-likeness (QED) is 0.723. The fourth-order valence-electron chi connectivity index (χ4n) is 3.66. The van der Waals surface area contributed by atoms with Gasteiger partial charge in [0, 0.05) is 43.0 Å². The first kappa shape index (κ1) is 20.3. The van der Waals surface area contributed by atoms with Crippen molar-refractivity contribution in [2.24, 2.45) is 5.92 Å². The van der Waals surface area contributed by atoms with E-state index in [4.69, 9.17) is 0 Å². The van der Waals surface area contributed by atoms with E-state index in [1.54, 1.807) is 11.0 Å². The Morgan fingerprint density at radius 2 is 2.07 bits per heavy atom. The predicted molar refractivity (Wildman–Crippen MR) is 94.9 cm³/mol. The number of amides is 1. The smallest absolute Gasteiger partial charge is 0.370 e. The van der Waals surface area contributed by atoms with Gasteiger partial charge in [-0.15, -0.1) is 0 Å². The predicted octanol–water partition coefficient (Wildman–Crippen LogP) is 4.14. The number of carbonyl (C=O) groups is 1. The Bertz CT molecular complexity index is 871. The van der Waals surface area contributed by atoms with Crippen LogP contribution in [-0.4, -0.2) is 48.1 Å². The van der Waals surface area contributed by atoms with Gasteiger partial charge in [-0.3, -0.25) is 9.78 Å². The van der Waals surface area contributed by atoms with Gasteiger partial charge in [-0.2, -0.15) is 13.2 Å². The normalized spacial score (nSPS) is 17.8. The third-order valence-electron chi connectivity index (χ3n) is 4.92. The van der Waals surface area contributed by atoms with Gasteiger partial charge in [-0.25, -0.2) is 8.78 Å². The molecule has 1 aliphatic heterocycles. The van der Waals surface area contributed by atoms with Crippen LogP contribution in [0.2, 0.25) is 0 Å². The van der Waals surface area contributed by atoms with Crippen LogP contribution in [0.3, 0.4) is 0 Å². The van der Waals surface area contributed by atoms with Crippen LogP contribution in [0.4, 0.5) is 27.6 Å². The zero-order valence-corrected chi connectivity index (χ0v) is 15.3. The lowest BCUT2D eigenvalue weighted by Crippen LogP contribution is -2.47. The molecule has 2 heterocycles. The molecule has 0 bridgehead atoms. The van der Waals surface area contributed by atoms with Crippen molar-refractivity contribution in [3.63, 3.8) is 0 Å². The number of nitrogens with zero attached hydrogens (tertiary/aromatic N) is 3. The van der Waals surface area contributed by atoms with Gasteiger partial charge < -0.3 is 9.80 Å². The highest BCUT2D eigenvalue weighted by Crippen LogP contribution is 2.32. The van der Waals surface area contributed by atoms with Crippen LogP contribution in [0.15, 0.2) is 24.4 Å². The summed E-state index contributed by atoms with van der Waals surface area (Å²) in [5.41, 5.74) is 0.527. The molecule has 0 aliphatic carbocycles. The fourth-order valence-corrected chi connectivity index (χ4v) is 3.66. The number of carbonyl (C=O) groups excluding carboxylic acids is 1. The van der Waals surface area contributed by atoms with Gasteiger partial charge in [0.1, 0.15) is 17.9 Å². The molecular formula is C19H20F5N3O. The van der Waals surface area contributed by atoms with Crippen molar-refractivity contribution < 1.29 is 26.7 Å². The molecule has 0 spiro atoms. The molecule has 0 saturated carbocycles. The standard InChI is InChI=1S/C19H20F5N3O/c1-2-26(11-19(22,23)24)18(28)12-4-3-7-27(10-12)16-5-6-25-17-14(16)8-13(20)9-15(17)21/h5-6,8-9,12H,2-4,7,10-11H2,1H3. The van der Waals surface area contributed by atoms with E-state index >= 15 is 0 Å². The van der Waals surface area contributed by atoms with Gasteiger partial charge in [0.2, 0.25) is 5.91 Å². The molecule has 3 rings (SSSR count). The monoisotopic (exact) mass is 401 g/mol. The summed E-state index contributed by atoms with van der Waals surface area (Å²) in [4.78, 5) is 19.2. The fraction of sp³-hybridized carbons (Fsp3) is 0.474. The molecule has 1 atom stereocenters. The maximum atomic E-state index is 14.0. The van der Waals surface area contributed by atoms with Gasteiger partial charge >= 0.3 is 6.18 Å². The number of hydrogen-bond acceptors (Lipinski definition) is 3. The van der Waals surface area contributed by atoms with E-state index in [0.29, 0.717) is 25.1 Å². The van der Waals surface area contributed by atoms with Gasteiger partial charge in [0.15, 0.2) is 5.82 Å². The Hall–Kier alpha value is -2.45. The summed E-state index contributed by atoms with van der Waals surface area (Å²) in [7, 11) is 0. The molecule has 1 aromatic heterocycles. The molecule has 4 nitrogen and oxygen atoms in total. The van der Waals surface area contributed by atoms with Gasteiger partial charge in [0.25, 0.3) is 0 Å². The van der Waals surface area contributed by atoms with Crippen LogP contribution in [0.1, 0.15) is 19.8 Å². The Balaban J connectivity index is 1.86. The minimum atomic E-state index is -4.46. The number of benzene rings is 1. The van der Waals surface area contributed by atoms with E-state index in [1.807, 2.05) is 0 Å². The zero-order valence-electron chi connectivity index (χ0n) is 15.3. The minimum absolute atomic E-state index is 0.0135. The molecule has 1 fully saturated rings. The summed E-state index contributed by atoms with van der Waals surface area (Å²) in [6.07, 6.45) is -2.01. The van der Waals surface area contributed by atoms with Crippen molar-refractivity contribution in [2.75, 3.05) is 31.1 Å². The van der Waals surface area contributed by atoms with E-state index in [-0.39, 0.29) is 24.0 Å². The molecule has 1 saturated heterocycles. The number of hydrogen-bond donors (Lipinski definition) is 0. The van der Waals surface area contributed by atoms with Crippen LogP contribution in [0.5, 0.6) is 0 Å². The second-order valence-electron chi connectivity index (χ2n) is 6.87. The highest BCUT2D eigenvalue weighted by Gasteiger charge is 2.36. The molecule has 152 valence electrons. The van der Waals surface area contributed by atoms with Crippen molar-refractivity contribution in [1.82, 2.24) is 9.88 Å². The van der Waals surface area contributed by atoms with Crippen LogP contribution in [0.25, 0.3) is 10.9 Å². The minimum Gasteiger partial charge on any atom is -0.370 e. The lowest BCUT2D eigenvalue weighted by atomic mass is 9.95. The van der Waals surface area contributed by atoms with E-state index < -0.39 is 36.2 Å². The number of alkyl halides is 3. The van der Waals surface area contributed by atoms with E-state index in [2.05, 4.69) is 4.98 Å². The van der Waals surface area contributed by atoms with Crippen molar-refractivity contribution in [3.8, 4) is 0 Å². The third kappa shape index (κ3) is 4.34. The summed E-state index contributed by atoms with van der Waals surface area (Å²) in [5.74, 6) is -2.70. The highest BCUT2D eigenvalue weighted by atomic mass is 19.4. The number of anilines is 1. The van der Waals surface area contributed by atoms with Crippen molar-refractivity contribution >= 4 is 22.5 Å². The number of piperidine rings is 1. The Labute approximate surface area is 158 Å². The molecule has 9 heteroatoms. The van der Waals surface area contributed by atoms with Crippen LogP contribution in [0, 0.1) is 17.6 Å². The van der Waals surface area contributed by atoms with Crippen LogP contribution >= 0.6 is 0 Å². The molecule has 0 N–H and O–H groups in total. The molecule has 28 heavy (non-hydrogen) atoms. The summed E-state index contributed by atoms with van der Waals surface area (Å²) in [6, 6.07) is 3.52. The summed E-state index contributed by atoms with van der Waals surface area (Å²) >= 11 is 0. The summed E-state index contributed by atoms with van der Waals surface area (Å²) < 4.78 is 65.9. The first-order chi connectivity index (χ1) is 13.2. The summed E-state index contributed by atoms with van der Waals surface area (Å²) in [6.45, 7) is 0.903. The lowest BCUT2D eigenvalue weighted by Gasteiger charge is -2.36. The lowest BCUT2D eigenvalue weighted by molar-refractivity contribution is -0.163. The molecular weight excluding hydrogens is 381 g/mol. The molecule has 1 aromatic carbocycles. The summed E-state index contributed by atoms with van der Waals surface area (Å²) in [5, 5.41) is 0.274. The van der Waals surface area contributed by atoms with Crippen LogP contribution in [-0.2, 0) is 4.79 Å². The maximum absolute atomic E-state index is 14.0. The Morgan fingerprint density at radius 3 is 2.75 bits per heavy atom. The first-order valence-electron chi connectivity index (χ1n) is 9.04. The van der Waals surface area contributed by atoms with E-state index in [0.717, 1.165) is 11.0 Å². The number of halogens is 5. The van der Waals surface area contributed by atoms with Crippen molar-refractivity contribution in [1.29, 1.82) is 0 Å². The highest BCUT2D eigenvalue weighted by molar-refractivity contribution is 5.92. The largest absolute Gasteiger partial charge is 0.406 e. The number of aromatic nitrogens is 1. The Kier molecular flexibility index (Phi) is 5.71. The van der Waals surface area contributed by atoms with Gasteiger partial charge in [0.05, 0.1) is 5.92 Å².